The highest BCUT2D eigenvalue weighted by Gasteiger charge is 2.16. The average molecular weight is 450 g/mol. The largest absolute Gasteiger partial charge is 0.462 e. The number of hydrogen-bond donors (Lipinski definition) is 1. The van der Waals surface area contributed by atoms with E-state index in [2.05, 4.69) is 20.3 Å². The van der Waals surface area contributed by atoms with Crippen LogP contribution in [0, 0.1) is 0 Å². The summed E-state index contributed by atoms with van der Waals surface area (Å²) in [7, 11) is 0. The van der Waals surface area contributed by atoms with Crippen molar-refractivity contribution < 1.29 is 9.53 Å². The topological polar surface area (TPSA) is 89.9 Å². The molecule has 4 rings (SSSR count). The molecule has 0 unspecified atom stereocenters. The molecule has 3 aromatic heterocycles. The summed E-state index contributed by atoms with van der Waals surface area (Å²) in [6.07, 6.45) is 6.89. The molecule has 0 radical (unpaired) electrons. The normalized spacial score (nSPS) is 10.6. The first-order chi connectivity index (χ1) is 15.2. The summed E-state index contributed by atoms with van der Waals surface area (Å²) in [4.78, 5) is 29.8. The van der Waals surface area contributed by atoms with Crippen molar-refractivity contribution in [1.29, 1.82) is 0 Å². The van der Waals surface area contributed by atoms with E-state index >= 15 is 0 Å². The van der Waals surface area contributed by atoms with Gasteiger partial charge in [0.05, 0.1) is 12.3 Å². The summed E-state index contributed by atoms with van der Waals surface area (Å²) < 4.78 is 5.14. The van der Waals surface area contributed by atoms with Crippen molar-refractivity contribution in [2.24, 2.45) is 0 Å². The van der Waals surface area contributed by atoms with E-state index in [1.807, 2.05) is 48.0 Å². The number of rotatable bonds is 7. The highest BCUT2D eigenvalue weighted by molar-refractivity contribution is 7.98. The Hall–Kier alpha value is -3.30. The molecular weight excluding hydrogens is 430 g/mol. The highest BCUT2D eigenvalue weighted by Crippen LogP contribution is 2.30. The number of nitrogens with zero attached hydrogens (tertiary/aromatic N) is 4. The van der Waals surface area contributed by atoms with Gasteiger partial charge < -0.3 is 10.1 Å². The Morgan fingerprint density at radius 2 is 2.00 bits per heavy atom. The zero-order valence-corrected chi connectivity index (χ0v) is 18.5. The molecule has 156 valence electrons. The maximum Gasteiger partial charge on any atom is 0.343 e. The molecule has 1 N–H and O–H groups in total. The van der Waals surface area contributed by atoms with Crippen LogP contribution in [0.15, 0.2) is 65.5 Å². The molecule has 0 aliphatic carbocycles. The molecule has 0 aliphatic rings. The van der Waals surface area contributed by atoms with Crippen LogP contribution >= 0.6 is 23.1 Å². The van der Waals surface area contributed by atoms with Crippen LogP contribution in [0.25, 0.3) is 21.8 Å². The van der Waals surface area contributed by atoms with Gasteiger partial charge in [0.15, 0.2) is 5.16 Å². The zero-order valence-electron chi connectivity index (χ0n) is 16.9. The van der Waals surface area contributed by atoms with Crippen molar-refractivity contribution in [3.63, 3.8) is 0 Å². The number of carbonyl (C=O) groups is 1. The highest BCUT2D eigenvalue weighted by atomic mass is 32.2. The zero-order chi connectivity index (χ0) is 21.6. The molecule has 0 saturated carbocycles. The molecule has 0 atom stereocenters. The van der Waals surface area contributed by atoms with Crippen molar-refractivity contribution in [1.82, 2.24) is 19.9 Å². The average Bonchev–Trinajstić information content (AvgIpc) is 3.30. The number of aromatic nitrogens is 4. The van der Waals surface area contributed by atoms with E-state index in [0.717, 1.165) is 27.5 Å². The van der Waals surface area contributed by atoms with E-state index in [1.54, 1.807) is 30.7 Å². The van der Waals surface area contributed by atoms with Crippen molar-refractivity contribution >= 4 is 40.6 Å². The Kier molecular flexibility index (Phi) is 6.54. The fraction of sp³-hybridized carbons (Fsp3) is 0.136. The van der Waals surface area contributed by atoms with Gasteiger partial charge in [-0.2, -0.15) is 0 Å². The Labute approximate surface area is 188 Å². The number of anilines is 2. The Morgan fingerprint density at radius 1 is 1.16 bits per heavy atom. The quantitative estimate of drug-likeness (QED) is 0.231. The molecule has 0 amide bonds. The molecule has 3 heterocycles. The molecule has 0 fully saturated rings. The number of hydrogen-bond acceptors (Lipinski definition) is 9. The monoisotopic (exact) mass is 449 g/mol. The van der Waals surface area contributed by atoms with E-state index < -0.39 is 5.97 Å². The number of pyridine rings is 1. The minimum absolute atomic E-state index is 0.279. The molecular formula is C22H19N5O2S2. The maximum atomic E-state index is 12.3. The van der Waals surface area contributed by atoms with Gasteiger partial charge >= 0.3 is 5.97 Å². The number of benzene rings is 1. The molecule has 0 aliphatic heterocycles. The summed E-state index contributed by atoms with van der Waals surface area (Å²) in [5, 5.41) is 6.75. The van der Waals surface area contributed by atoms with E-state index in [-0.39, 0.29) is 6.61 Å². The first kappa shape index (κ1) is 21.0. The fourth-order valence-electron chi connectivity index (χ4n) is 2.84. The van der Waals surface area contributed by atoms with Crippen LogP contribution in [0.1, 0.15) is 17.3 Å². The number of carbonyl (C=O) groups excluding carboxylic acids is 1. The minimum Gasteiger partial charge on any atom is -0.462 e. The predicted molar refractivity (Wildman–Crippen MR) is 124 cm³/mol. The van der Waals surface area contributed by atoms with Gasteiger partial charge in [-0.05, 0) is 37.4 Å². The molecule has 9 heteroatoms. The second-order valence-electron chi connectivity index (χ2n) is 6.32. The van der Waals surface area contributed by atoms with E-state index in [0.29, 0.717) is 16.5 Å². The standard InChI is InChI=1S/C22H19N5O2S2/c1-3-29-21(28)17-12-24-22(30-2)27-19(17)25-16-6-4-5-15(11-16)18-13-31-20(26-18)14-7-9-23-10-8-14/h4-13H,3H2,1-2H3,(H,24,25,27). The van der Waals surface area contributed by atoms with Crippen LogP contribution < -0.4 is 5.32 Å². The second kappa shape index (κ2) is 9.67. The fourth-order valence-corrected chi connectivity index (χ4v) is 4.02. The van der Waals surface area contributed by atoms with E-state index in [1.165, 1.54) is 18.0 Å². The second-order valence-corrected chi connectivity index (χ2v) is 7.95. The lowest BCUT2D eigenvalue weighted by atomic mass is 10.1. The van der Waals surface area contributed by atoms with Crippen LogP contribution in [0.3, 0.4) is 0 Å². The summed E-state index contributed by atoms with van der Waals surface area (Å²) in [5.41, 5.74) is 3.94. The van der Waals surface area contributed by atoms with Crippen LogP contribution in [-0.4, -0.2) is 38.8 Å². The van der Waals surface area contributed by atoms with Gasteiger partial charge in [-0.25, -0.2) is 19.7 Å². The third-order valence-corrected chi connectivity index (χ3v) is 5.75. The molecule has 31 heavy (non-hydrogen) atoms. The lowest BCUT2D eigenvalue weighted by Gasteiger charge is -2.11. The van der Waals surface area contributed by atoms with Gasteiger partial charge in [0.2, 0.25) is 0 Å². The predicted octanol–water partition coefficient (Wildman–Crippen LogP) is 5.30. The SMILES string of the molecule is CCOC(=O)c1cnc(SC)nc1Nc1cccc(-c2csc(-c3ccncc3)n2)c1. The van der Waals surface area contributed by atoms with Crippen LogP contribution in [-0.2, 0) is 4.74 Å². The maximum absolute atomic E-state index is 12.3. The number of thioether (sulfide) groups is 1. The third kappa shape index (κ3) is 4.89. The molecule has 7 nitrogen and oxygen atoms in total. The van der Waals surface area contributed by atoms with Crippen molar-refractivity contribution in [3.8, 4) is 21.8 Å². The van der Waals surface area contributed by atoms with Gasteiger partial charge in [-0.3, -0.25) is 4.98 Å². The van der Waals surface area contributed by atoms with Crippen LogP contribution in [0.4, 0.5) is 11.5 Å². The van der Waals surface area contributed by atoms with Crippen molar-refractivity contribution in [3.05, 3.63) is 65.9 Å². The molecule has 0 saturated heterocycles. The van der Waals surface area contributed by atoms with Gasteiger partial charge in [-0.1, -0.05) is 23.9 Å². The van der Waals surface area contributed by atoms with Gasteiger partial charge in [0, 0.05) is 40.8 Å². The lowest BCUT2D eigenvalue weighted by Crippen LogP contribution is -2.10. The number of ether oxygens (including phenoxy) is 1. The van der Waals surface area contributed by atoms with Crippen molar-refractivity contribution in [2.45, 2.75) is 12.1 Å². The Bertz CT molecular complexity index is 1200. The summed E-state index contributed by atoms with van der Waals surface area (Å²) >= 11 is 2.98. The Morgan fingerprint density at radius 3 is 2.77 bits per heavy atom. The molecule has 0 bridgehead atoms. The van der Waals surface area contributed by atoms with E-state index in [4.69, 9.17) is 9.72 Å². The molecule has 1 aromatic carbocycles. The molecule has 4 aromatic rings. The van der Waals surface area contributed by atoms with Gasteiger partial charge in [-0.15, -0.1) is 11.3 Å². The summed E-state index contributed by atoms with van der Waals surface area (Å²) in [5.74, 6) is -0.0546. The minimum atomic E-state index is -0.463. The van der Waals surface area contributed by atoms with Crippen LogP contribution in [0.2, 0.25) is 0 Å². The van der Waals surface area contributed by atoms with Gasteiger partial charge in [0.25, 0.3) is 0 Å². The van der Waals surface area contributed by atoms with Crippen molar-refractivity contribution in [2.75, 3.05) is 18.2 Å². The number of thiazole rings is 1. The first-order valence-electron chi connectivity index (χ1n) is 9.49. The Balaban J connectivity index is 1.63. The third-order valence-electron chi connectivity index (χ3n) is 4.30. The van der Waals surface area contributed by atoms with E-state index in [9.17, 15) is 4.79 Å². The summed E-state index contributed by atoms with van der Waals surface area (Å²) in [6, 6.07) is 11.7. The molecule has 0 spiro atoms. The number of esters is 1. The first-order valence-corrected chi connectivity index (χ1v) is 11.6. The number of nitrogens with one attached hydrogen (secondary N) is 1. The van der Waals surface area contributed by atoms with Crippen LogP contribution in [0.5, 0.6) is 0 Å². The van der Waals surface area contributed by atoms with Gasteiger partial charge in [0.1, 0.15) is 16.4 Å². The lowest BCUT2D eigenvalue weighted by molar-refractivity contribution is 0.0526. The summed E-state index contributed by atoms with van der Waals surface area (Å²) in [6.45, 7) is 2.04. The smallest absolute Gasteiger partial charge is 0.343 e.